The van der Waals surface area contributed by atoms with Gasteiger partial charge in [-0.2, -0.15) is 0 Å². The van der Waals surface area contributed by atoms with E-state index in [9.17, 15) is 9.59 Å². The Labute approximate surface area is 183 Å². The van der Waals surface area contributed by atoms with Gasteiger partial charge in [-0.1, -0.05) is 17.7 Å². The lowest BCUT2D eigenvalue weighted by Crippen LogP contribution is -2.54. The Kier molecular flexibility index (Phi) is 5.28. The van der Waals surface area contributed by atoms with E-state index < -0.39 is 11.8 Å². The van der Waals surface area contributed by atoms with Gasteiger partial charge in [-0.25, -0.2) is 0 Å². The summed E-state index contributed by atoms with van der Waals surface area (Å²) >= 11 is 11.2. The third-order valence-corrected chi connectivity index (χ3v) is 5.15. The summed E-state index contributed by atoms with van der Waals surface area (Å²) in [4.78, 5) is 26.9. The second-order valence-corrected chi connectivity index (χ2v) is 7.84. The Morgan fingerprint density at radius 3 is 2.33 bits per heavy atom. The molecule has 0 radical (unpaired) electrons. The maximum Gasteiger partial charge on any atom is 0.270 e. The van der Waals surface area contributed by atoms with Crippen molar-refractivity contribution in [3.8, 4) is 11.3 Å². The highest BCUT2D eigenvalue weighted by Gasteiger charge is 2.34. The molecule has 0 bridgehead atoms. The van der Waals surface area contributed by atoms with Crippen molar-refractivity contribution in [1.82, 2.24) is 5.32 Å². The number of hydrogen-bond donors (Lipinski definition) is 1. The fourth-order valence-corrected chi connectivity index (χ4v) is 3.72. The minimum atomic E-state index is -0.560. The fourth-order valence-electron chi connectivity index (χ4n) is 3.31. The number of aryl methyl sites for hydroxylation is 2. The van der Waals surface area contributed by atoms with Crippen LogP contribution in [0.4, 0.5) is 5.69 Å². The average Bonchev–Trinajstić information content (AvgIpc) is 3.13. The Morgan fingerprint density at radius 1 is 1.00 bits per heavy atom. The lowest BCUT2D eigenvalue weighted by Gasteiger charge is -2.29. The van der Waals surface area contributed by atoms with Gasteiger partial charge >= 0.3 is 0 Å². The van der Waals surface area contributed by atoms with E-state index in [2.05, 4.69) is 5.32 Å². The normalized spacial score (nSPS) is 15.6. The van der Waals surface area contributed by atoms with Crippen LogP contribution in [-0.2, 0) is 9.59 Å². The first-order valence-electron chi connectivity index (χ1n) is 9.17. The lowest BCUT2D eigenvalue weighted by molar-refractivity contribution is -0.122. The number of thiocarbonyl (C=S) groups is 1. The first-order chi connectivity index (χ1) is 14.3. The summed E-state index contributed by atoms with van der Waals surface area (Å²) in [6.45, 7) is 3.87. The van der Waals surface area contributed by atoms with Gasteiger partial charge < -0.3 is 4.42 Å². The molecule has 1 N–H and O–H groups in total. The van der Waals surface area contributed by atoms with Crippen LogP contribution in [0.5, 0.6) is 0 Å². The monoisotopic (exact) mass is 436 g/mol. The Morgan fingerprint density at radius 2 is 1.67 bits per heavy atom. The van der Waals surface area contributed by atoms with E-state index in [4.69, 9.17) is 28.2 Å². The second kappa shape index (κ2) is 7.89. The zero-order chi connectivity index (χ0) is 21.4. The molecule has 1 aliphatic rings. The van der Waals surface area contributed by atoms with E-state index in [-0.39, 0.29) is 10.7 Å². The molecule has 0 spiro atoms. The maximum absolute atomic E-state index is 13.1. The predicted octanol–water partition coefficient (Wildman–Crippen LogP) is 5.05. The Balaban J connectivity index is 1.68. The maximum atomic E-state index is 13.1. The summed E-state index contributed by atoms with van der Waals surface area (Å²) < 4.78 is 5.81. The van der Waals surface area contributed by atoms with Crippen molar-refractivity contribution in [3.63, 3.8) is 0 Å². The van der Waals surface area contributed by atoms with Crippen molar-refractivity contribution in [2.75, 3.05) is 4.90 Å². The molecule has 3 aromatic rings. The van der Waals surface area contributed by atoms with Crippen molar-refractivity contribution in [2.45, 2.75) is 13.8 Å². The molecule has 1 aromatic heterocycles. The average molecular weight is 437 g/mol. The SMILES string of the molecule is Cc1cc(C)cc(N2C(=O)/C(=C/c3ccc(-c4ccc(Cl)cc4)o3)C(=O)NC2=S)c1. The van der Waals surface area contributed by atoms with E-state index >= 15 is 0 Å². The number of nitrogens with one attached hydrogen (secondary N) is 1. The molecule has 0 aliphatic carbocycles. The molecule has 0 unspecified atom stereocenters. The van der Waals surface area contributed by atoms with Gasteiger partial charge in [0.2, 0.25) is 0 Å². The number of carbonyl (C=O) groups is 2. The van der Waals surface area contributed by atoms with Gasteiger partial charge in [-0.3, -0.25) is 19.8 Å². The number of carbonyl (C=O) groups excluding carboxylic acids is 2. The zero-order valence-corrected chi connectivity index (χ0v) is 17.8. The van der Waals surface area contributed by atoms with Crippen LogP contribution < -0.4 is 10.2 Å². The Hall–Kier alpha value is -3.22. The summed E-state index contributed by atoms with van der Waals surface area (Å²) in [6, 6.07) is 16.3. The molecule has 2 amide bonds. The molecule has 2 aromatic carbocycles. The van der Waals surface area contributed by atoms with Crippen LogP contribution in [-0.4, -0.2) is 16.9 Å². The lowest BCUT2D eigenvalue weighted by atomic mass is 10.1. The number of hydrogen-bond acceptors (Lipinski definition) is 4. The van der Waals surface area contributed by atoms with Crippen molar-refractivity contribution in [2.24, 2.45) is 0 Å². The van der Waals surface area contributed by atoms with Crippen LogP contribution in [0.25, 0.3) is 17.4 Å². The van der Waals surface area contributed by atoms with Crippen LogP contribution in [0.15, 0.2) is 64.6 Å². The molecule has 1 saturated heterocycles. The standard InChI is InChI=1S/C23H17ClN2O3S/c1-13-9-14(2)11-17(10-13)26-22(28)19(21(27)25-23(26)30)12-18-7-8-20(29-18)15-3-5-16(24)6-4-15/h3-12H,1-2H3,(H,25,27,30)/b19-12+. The van der Waals surface area contributed by atoms with Gasteiger partial charge in [0.25, 0.3) is 11.8 Å². The third kappa shape index (κ3) is 3.92. The first-order valence-corrected chi connectivity index (χ1v) is 9.96. The van der Waals surface area contributed by atoms with Gasteiger partial charge in [0.15, 0.2) is 5.11 Å². The van der Waals surface area contributed by atoms with Crippen molar-refractivity contribution >= 4 is 52.5 Å². The molecular formula is C23H17ClN2O3S. The van der Waals surface area contributed by atoms with Crippen molar-refractivity contribution in [1.29, 1.82) is 0 Å². The van der Waals surface area contributed by atoms with E-state index in [1.807, 2.05) is 44.2 Å². The minimum absolute atomic E-state index is 0.0495. The van der Waals surface area contributed by atoms with Gasteiger partial charge in [0, 0.05) is 10.6 Å². The van der Waals surface area contributed by atoms with Crippen molar-refractivity contribution in [3.05, 3.63) is 82.1 Å². The quantitative estimate of drug-likeness (QED) is 0.354. The van der Waals surface area contributed by atoms with Crippen LogP contribution in [0.3, 0.4) is 0 Å². The molecule has 4 rings (SSSR count). The van der Waals surface area contributed by atoms with Crippen LogP contribution in [0.1, 0.15) is 16.9 Å². The molecule has 1 aliphatic heterocycles. The number of rotatable bonds is 3. The number of halogens is 1. The summed E-state index contributed by atoms with van der Waals surface area (Å²) in [5.41, 5.74) is 3.36. The summed E-state index contributed by atoms with van der Waals surface area (Å²) in [7, 11) is 0. The molecule has 0 saturated carbocycles. The van der Waals surface area contributed by atoms with Crippen LogP contribution in [0.2, 0.25) is 5.02 Å². The predicted molar refractivity (Wildman–Crippen MR) is 121 cm³/mol. The van der Waals surface area contributed by atoms with Crippen LogP contribution >= 0.6 is 23.8 Å². The molecule has 5 nitrogen and oxygen atoms in total. The van der Waals surface area contributed by atoms with E-state index in [0.717, 1.165) is 16.7 Å². The molecular weight excluding hydrogens is 420 g/mol. The second-order valence-electron chi connectivity index (χ2n) is 7.01. The van der Waals surface area contributed by atoms with Gasteiger partial charge in [0.1, 0.15) is 17.1 Å². The highest BCUT2D eigenvalue weighted by Crippen LogP contribution is 2.27. The third-order valence-electron chi connectivity index (χ3n) is 4.61. The van der Waals surface area contributed by atoms with E-state index in [1.54, 1.807) is 24.3 Å². The number of anilines is 1. The smallest absolute Gasteiger partial charge is 0.270 e. The van der Waals surface area contributed by atoms with E-state index in [0.29, 0.717) is 22.2 Å². The first kappa shape index (κ1) is 20.1. The summed E-state index contributed by atoms with van der Waals surface area (Å²) in [6.07, 6.45) is 1.43. The molecule has 0 atom stereocenters. The van der Waals surface area contributed by atoms with Gasteiger partial charge in [0.05, 0.1) is 5.69 Å². The zero-order valence-electron chi connectivity index (χ0n) is 16.2. The highest BCUT2D eigenvalue weighted by atomic mass is 35.5. The summed E-state index contributed by atoms with van der Waals surface area (Å²) in [5.74, 6) is -0.0798. The van der Waals surface area contributed by atoms with Crippen molar-refractivity contribution < 1.29 is 14.0 Å². The molecule has 1 fully saturated rings. The number of benzene rings is 2. The Bertz CT molecular complexity index is 1190. The minimum Gasteiger partial charge on any atom is -0.457 e. The number of furan rings is 1. The number of amides is 2. The molecule has 7 heteroatoms. The van der Waals surface area contributed by atoms with Gasteiger partial charge in [-0.15, -0.1) is 0 Å². The molecule has 150 valence electrons. The molecule has 2 heterocycles. The van der Waals surface area contributed by atoms with E-state index in [1.165, 1.54) is 11.0 Å². The fraction of sp³-hybridized carbons (Fsp3) is 0.0870. The van der Waals surface area contributed by atoms with Crippen LogP contribution in [0, 0.1) is 13.8 Å². The largest absolute Gasteiger partial charge is 0.457 e. The molecule has 30 heavy (non-hydrogen) atoms. The summed E-state index contributed by atoms with van der Waals surface area (Å²) in [5, 5.41) is 3.26. The van der Waals surface area contributed by atoms with Gasteiger partial charge in [-0.05, 0) is 91.8 Å². The highest BCUT2D eigenvalue weighted by molar-refractivity contribution is 7.80. The topological polar surface area (TPSA) is 62.6 Å². The number of nitrogens with zero attached hydrogens (tertiary/aromatic N) is 1.